The van der Waals surface area contributed by atoms with E-state index in [1.165, 1.54) is 30.5 Å². The number of likely N-dealkylation sites (tertiary alicyclic amines) is 2. The largest absolute Gasteiger partial charge is 0.459 e. The summed E-state index contributed by atoms with van der Waals surface area (Å²) in [5.74, 6) is -0.674. The van der Waals surface area contributed by atoms with Crippen molar-refractivity contribution in [3.63, 3.8) is 0 Å². The van der Waals surface area contributed by atoms with Crippen LogP contribution in [-0.2, 0) is 4.79 Å². The summed E-state index contributed by atoms with van der Waals surface area (Å²) in [6.07, 6.45) is 4.33. The molecule has 1 aromatic heterocycles. The van der Waals surface area contributed by atoms with Crippen molar-refractivity contribution < 1.29 is 23.2 Å². The summed E-state index contributed by atoms with van der Waals surface area (Å²) >= 11 is 0. The van der Waals surface area contributed by atoms with Gasteiger partial charge in [-0.25, -0.2) is 4.39 Å². The van der Waals surface area contributed by atoms with Gasteiger partial charge in [0.1, 0.15) is 5.82 Å². The molecule has 2 fully saturated rings. The molecule has 2 aliphatic rings. The normalized spacial score (nSPS) is 19.8. The van der Waals surface area contributed by atoms with Gasteiger partial charge in [-0.1, -0.05) is 0 Å². The number of piperidine rings is 2. The van der Waals surface area contributed by atoms with Gasteiger partial charge < -0.3 is 19.5 Å². The Morgan fingerprint density at radius 2 is 1.68 bits per heavy atom. The lowest BCUT2D eigenvalue weighted by molar-refractivity contribution is -0.127. The Bertz CT molecular complexity index is 921. The van der Waals surface area contributed by atoms with Crippen LogP contribution in [0.2, 0.25) is 0 Å². The van der Waals surface area contributed by atoms with E-state index in [0.717, 1.165) is 12.8 Å². The monoisotopic (exact) mass is 427 g/mol. The molecule has 1 unspecified atom stereocenters. The van der Waals surface area contributed by atoms with Crippen LogP contribution < -0.4 is 5.32 Å². The van der Waals surface area contributed by atoms with Crippen LogP contribution >= 0.6 is 0 Å². The van der Waals surface area contributed by atoms with E-state index in [1.807, 2.05) is 0 Å². The molecule has 8 heteroatoms. The number of halogens is 1. The predicted octanol–water partition coefficient (Wildman–Crippen LogP) is 2.69. The van der Waals surface area contributed by atoms with E-state index in [1.54, 1.807) is 21.9 Å². The second kappa shape index (κ2) is 9.32. The fourth-order valence-corrected chi connectivity index (χ4v) is 4.25. The van der Waals surface area contributed by atoms with Crippen LogP contribution in [0.25, 0.3) is 0 Å². The van der Waals surface area contributed by atoms with E-state index >= 15 is 0 Å². The molecule has 2 aliphatic heterocycles. The smallest absolute Gasteiger partial charge is 0.289 e. The van der Waals surface area contributed by atoms with Crippen molar-refractivity contribution in [2.75, 3.05) is 26.2 Å². The first-order valence-electron chi connectivity index (χ1n) is 10.7. The van der Waals surface area contributed by atoms with Crippen molar-refractivity contribution in [1.82, 2.24) is 15.1 Å². The zero-order valence-electron chi connectivity index (χ0n) is 17.3. The van der Waals surface area contributed by atoms with E-state index < -0.39 is 0 Å². The number of hydrogen-bond acceptors (Lipinski definition) is 4. The van der Waals surface area contributed by atoms with Crippen LogP contribution in [0.5, 0.6) is 0 Å². The second-order valence-electron chi connectivity index (χ2n) is 8.15. The van der Waals surface area contributed by atoms with Gasteiger partial charge in [-0.15, -0.1) is 0 Å². The van der Waals surface area contributed by atoms with Gasteiger partial charge >= 0.3 is 0 Å². The van der Waals surface area contributed by atoms with Crippen molar-refractivity contribution in [3.05, 3.63) is 59.8 Å². The molecule has 1 aromatic carbocycles. The Labute approximate surface area is 180 Å². The molecule has 0 spiro atoms. The number of nitrogens with zero attached hydrogens (tertiary/aromatic N) is 2. The average Bonchev–Trinajstić information content (AvgIpc) is 3.34. The predicted molar refractivity (Wildman–Crippen MR) is 111 cm³/mol. The van der Waals surface area contributed by atoms with Gasteiger partial charge in [-0.2, -0.15) is 0 Å². The summed E-state index contributed by atoms with van der Waals surface area (Å²) in [5, 5.41) is 3.10. The highest BCUT2D eigenvalue weighted by Gasteiger charge is 2.31. The van der Waals surface area contributed by atoms with Crippen LogP contribution in [0.4, 0.5) is 4.39 Å². The molecule has 7 nitrogen and oxygen atoms in total. The Hall–Kier alpha value is -3.16. The fraction of sp³-hybridized carbons (Fsp3) is 0.435. The Kier molecular flexibility index (Phi) is 6.34. The number of carbonyl (C=O) groups excluding carboxylic acids is 3. The van der Waals surface area contributed by atoms with Crippen molar-refractivity contribution in [2.24, 2.45) is 5.92 Å². The fourth-order valence-electron chi connectivity index (χ4n) is 4.25. The number of hydrogen-bond donors (Lipinski definition) is 1. The first kappa shape index (κ1) is 21.1. The van der Waals surface area contributed by atoms with Gasteiger partial charge in [0.05, 0.1) is 12.2 Å². The van der Waals surface area contributed by atoms with Crippen molar-refractivity contribution in [3.8, 4) is 0 Å². The van der Waals surface area contributed by atoms with Crippen LogP contribution in [0.1, 0.15) is 46.6 Å². The molecule has 3 amide bonds. The molecule has 31 heavy (non-hydrogen) atoms. The van der Waals surface area contributed by atoms with E-state index in [0.29, 0.717) is 50.3 Å². The van der Waals surface area contributed by atoms with Crippen LogP contribution in [-0.4, -0.2) is 59.7 Å². The lowest BCUT2D eigenvalue weighted by atomic mass is 9.95. The quantitative estimate of drug-likeness (QED) is 0.813. The molecule has 0 radical (unpaired) electrons. The van der Waals surface area contributed by atoms with Crippen molar-refractivity contribution in [2.45, 2.75) is 31.7 Å². The molecule has 2 saturated heterocycles. The molecule has 2 aromatic rings. The lowest BCUT2D eigenvalue weighted by Gasteiger charge is -2.35. The number of nitrogens with one attached hydrogen (secondary N) is 1. The number of furan rings is 1. The van der Waals surface area contributed by atoms with Crippen LogP contribution in [0.15, 0.2) is 47.1 Å². The van der Waals surface area contributed by atoms with Gasteiger partial charge in [0.25, 0.3) is 11.8 Å². The first-order valence-corrected chi connectivity index (χ1v) is 10.7. The summed E-state index contributed by atoms with van der Waals surface area (Å²) in [6.45, 7) is 2.07. The standard InChI is InChI=1S/C23H26FN3O4/c24-18-7-5-16(6-8-18)22(29)27-11-1-3-17(15-27)21(28)25-19-9-12-26(13-10-19)23(30)20-4-2-14-31-20/h2,4-8,14,17,19H,1,3,9-13,15H2,(H,25,28). The van der Waals surface area contributed by atoms with Gasteiger partial charge in [0.2, 0.25) is 5.91 Å². The number of rotatable bonds is 4. The van der Waals surface area contributed by atoms with Gasteiger partial charge in [0.15, 0.2) is 5.76 Å². The van der Waals surface area contributed by atoms with Crippen LogP contribution in [0, 0.1) is 11.7 Å². The summed E-state index contributed by atoms with van der Waals surface area (Å²) in [6, 6.07) is 8.83. The lowest BCUT2D eigenvalue weighted by Crippen LogP contribution is -2.50. The molecule has 0 saturated carbocycles. The van der Waals surface area contributed by atoms with Crippen molar-refractivity contribution in [1.29, 1.82) is 0 Å². The minimum absolute atomic E-state index is 0.0105. The average molecular weight is 427 g/mol. The summed E-state index contributed by atoms with van der Waals surface area (Å²) in [7, 11) is 0. The van der Waals surface area contributed by atoms with Crippen molar-refractivity contribution >= 4 is 17.7 Å². The Morgan fingerprint density at radius 3 is 2.35 bits per heavy atom. The highest BCUT2D eigenvalue weighted by Crippen LogP contribution is 2.21. The molecule has 1 atom stereocenters. The van der Waals surface area contributed by atoms with E-state index in [-0.39, 0.29) is 35.5 Å². The maximum atomic E-state index is 13.1. The summed E-state index contributed by atoms with van der Waals surface area (Å²) in [4.78, 5) is 41.3. The van der Waals surface area contributed by atoms with Gasteiger partial charge in [-0.3, -0.25) is 14.4 Å². The SMILES string of the molecule is O=C(NC1CCN(C(=O)c2ccco2)CC1)C1CCCN(C(=O)c2ccc(F)cc2)C1. The van der Waals surface area contributed by atoms with Gasteiger partial charge in [-0.05, 0) is 62.1 Å². The third kappa shape index (κ3) is 4.95. The molecular formula is C23H26FN3O4. The summed E-state index contributed by atoms with van der Waals surface area (Å²) < 4.78 is 18.3. The number of amides is 3. The minimum Gasteiger partial charge on any atom is -0.459 e. The van der Waals surface area contributed by atoms with E-state index in [2.05, 4.69) is 5.32 Å². The van der Waals surface area contributed by atoms with Crippen LogP contribution in [0.3, 0.4) is 0 Å². The third-order valence-electron chi connectivity index (χ3n) is 6.03. The maximum absolute atomic E-state index is 13.1. The summed E-state index contributed by atoms with van der Waals surface area (Å²) in [5.41, 5.74) is 0.427. The maximum Gasteiger partial charge on any atom is 0.289 e. The third-order valence-corrected chi connectivity index (χ3v) is 6.03. The molecule has 1 N–H and O–H groups in total. The Morgan fingerprint density at radius 1 is 0.935 bits per heavy atom. The Balaban J connectivity index is 1.27. The second-order valence-corrected chi connectivity index (χ2v) is 8.15. The topological polar surface area (TPSA) is 82.9 Å². The zero-order valence-corrected chi connectivity index (χ0v) is 17.3. The minimum atomic E-state index is -0.385. The molecular weight excluding hydrogens is 401 g/mol. The van der Waals surface area contributed by atoms with E-state index in [4.69, 9.17) is 4.42 Å². The molecule has 164 valence electrons. The highest BCUT2D eigenvalue weighted by atomic mass is 19.1. The number of carbonyl (C=O) groups is 3. The highest BCUT2D eigenvalue weighted by molar-refractivity contribution is 5.94. The first-order chi connectivity index (χ1) is 15.0. The molecule has 4 rings (SSSR count). The zero-order chi connectivity index (χ0) is 21.8. The molecule has 0 bridgehead atoms. The molecule has 0 aliphatic carbocycles. The van der Waals surface area contributed by atoms with E-state index in [9.17, 15) is 18.8 Å². The van der Waals surface area contributed by atoms with Gasteiger partial charge in [0, 0.05) is 37.8 Å². The molecule has 3 heterocycles. The number of benzene rings is 1.